The van der Waals surface area contributed by atoms with E-state index in [4.69, 9.17) is 0 Å². The van der Waals surface area contributed by atoms with Gasteiger partial charge in [-0.2, -0.15) is 0 Å². The molecule has 0 bridgehead atoms. The highest BCUT2D eigenvalue weighted by Gasteiger charge is 2.22. The van der Waals surface area contributed by atoms with Crippen LogP contribution in [-0.4, -0.2) is 42.0 Å². The Morgan fingerprint density at radius 2 is 2.17 bits per heavy atom. The fraction of sp³-hybridized carbons (Fsp3) is 0.444. The summed E-state index contributed by atoms with van der Waals surface area (Å²) in [6.45, 7) is 4.07. The Balaban J connectivity index is 1.65. The number of piperidine rings is 1. The van der Waals surface area contributed by atoms with E-state index in [-0.39, 0.29) is 5.91 Å². The van der Waals surface area contributed by atoms with E-state index in [0.717, 1.165) is 42.2 Å². The van der Waals surface area contributed by atoms with Crippen molar-refractivity contribution >= 4 is 17.2 Å². The normalized spacial score (nSPS) is 15.6. The van der Waals surface area contributed by atoms with Gasteiger partial charge in [-0.25, -0.2) is 4.98 Å². The molecule has 1 aliphatic heterocycles. The van der Waals surface area contributed by atoms with E-state index in [2.05, 4.69) is 35.4 Å². The van der Waals surface area contributed by atoms with Gasteiger partial charge in [-0.1, -0.05) is 23.8 Å². The van der Waals surface area contributed by atoms with E-state index >= 15 is 0 Å². The maximum Gasteiger partial charge on any atom is 0.228 e. The van der Waals surface area contributed by atoms with Crippen molar-refractivity contribution in [1.82, 2.24) is 15.2 Å². The summed E-state index contributed by atoms with van der Waals surface area (Å²) in [5.41, 5.74) is 3.22. The zero-order valence-electron chi connectivity index (χ0n) is 13.7. The Bertz CT molecular complexity index is 676. The molecule has 1 aliphatic rings. The molecule has 5 heteroatoms. The Labute approximate surface area is 141 Å². The lowest BCUT2D eigenvalue weighted by molar-refractivity contribution is -0.131. The molecule has 1 amide bonds. The van der Waals surface area contributed by atoms with E-state index in [9.17, 15) is 4.79 Å². The highest BCUT2D eigenvalue weighted by Crippen LogP contribution is 2.25. The first-order valence-corrected chi connectivity index (χ1v) is 8.99. The molecule has 0 radical (unpaired) electrons. The monoisotopic (exact) mass is 329 g/mol. The molecule has 4 nitrogen and oxygen atoms in total. The number of benzene rings is 1. The van der Waals surface area contributed by atoms with Crippen molar-refractivity contribution in [3.8, 4) is 10.6 Å². The van der Waals surface area contributed by atoms with Gasteiger partial charge in [0.2, 0.25) is 5.91 Å². The van der Waals surface area contributed by atoms with Crippen LogP contribution in [0.4, 0.5) is 0 Å². The van der Waals surface area contributed by atoms with Crippen LogP contribution in [0.25, 0.3) is 10.6 Å². The fourth-order valence-corrected chi connectivity index (χ4v) is 3.79. The molecule has 0 aliphatic carbocycles. The second-order valence-electron chi connectivity index (χ2n) is 6.18. The summed E-state index contributed by atoms with van der Waals surface area (Å²) in [5, 5.41) is 6.33. The fourth-order valence-electron chi connectivity index (χ4n) is 2.98. The maximum absolute atomic E-state index is 12.5. The van der Waals surface area contributed by atoms with Crippen molar-refractivity contribution < 1.29 is 4.79 Å². The molecule has 1 aromatic heterocycles. The second-order valence-corrected chi connectivity index (χ2v) is 7.03. The smallest absolute Gasteiger partial charge is 0.228 e. The Kier molecular flexibility index (Phi) is 5.08. The zero-order chi connectivity index (χ0) is 16.2. The van der Waals surface area contributed by atoms with Crippen LogP contribution in [0.1, 0.15) is 24.1 Å². The average Bonchev–Trinajstić information content (AvgIpc) is 3.03. The van der Waals surface area contributed by atoms with Gasteiger partial charge < -0.3 is 10.2 Å². The summed E-state index contributed by atoms with van der Waals surface area (Å²) in [6, 6.07) is 8.68. The molecule has 23 heavy (non-hydrogen) atoms. The van der Waals surface area contributed by atoms with Crippen molar-refractivity contribution in [1.29, 1.82) is 0 Å². The average molecular weight is 329 g/mol. The summed E-state index contributed by atoms with van der Waals surface area (Å²) in [7, 11) is 1.92. The van der Waals surface area contributed by atoms with Crippen molar-refractivity contribution in [2.75, 3.05) is 20.1 Å². The Morgan fingerprint density at radius 1 is 1.39 bits per heavy atom. The van der Waals surface area contributed by atoms with Crippen LogP contribution >= 0.6 is 11.3 Å². The molecular weight excluding hydrogens is 306 g/mol. The van der Waals surface area contributed by atoms with Gasteiger partial charge in [-0.15, -0.1) is 11.3 Å². The van der Waals surface area contributed by atoms with Gasteiger partial charge in [0.1, 0.15) is 5.01 Å². The van der Waals surface area contributed by atoms with Crippen LogP contribution in [-0.2, 0) is 11.2 Å². The lowest BCUT2D eigenvalue weighted by Crippen LogP contribution is -2.44. The van der Waals surface area contributed by atoms with Crippen LogP contribution in [0.15, 0.2) is 29.6 Å². The van der Waals surface area contributed by atoms with Gasteiger partial charge in [0.05, 0.1) is 12.1 Å². The first-order chi connectivity index (χ1) is 11.1. The molecule has 3 rings (SSSR count). The van der Waals surface area contributed by atoms with Gasteiger partial charge in [-0.3, -0.25) is 4.79 Å². The van der Waals surface area contributed by atoms with Gasteiger partial charge in [-0.05, 0) is 38.9 Å². The van der Waals surface area contributed by atoms with Crippen molar-refractivity contribution in [3.05, 3.63) is 40.9 Å². The number of aryl methyl sites for hydroxylation is 1. The molecule has 1 fully saturated rings. The van der Waals surface area contributed by atoms with Crippen LogP contribution in [0, 0.1) is 6.92 Å². The molecule has 122 valence electrons. The predicted octanol–water partition coefficient (Wildman–Crippen LogP) is 2.87. The minimum atomic E-state index is 0.165. The van der Waals surface area contributed by atoms with Crippen molar-refractivity contribution in [3.63, 3.8) is 0 Å². The van der Waals surface area contributed by atoms with Gasteiger partial charge in [0, 0.05) is 24.0 Å². The summed E-state index contributed by atoms with van der Waals surface area (Å²) in [6.07, 6.45) is 2.46. The third-order valence-corrected chi connectivity index (χ3v) is 5.34. The molecule has 0 saturated carbocycles. The zero-order valence-corrected chi connectivity index (χ0v) is 14.5. The Hall–Kier alpha value is -1.72. The molecule has 1 aromatic carbocycles. The number of carbonyl (C=O) groups excluding carboxylic acids is 1. The van der Waals surface area contributed by atoms with Crippen molar-refractivity contribution in [2.45, 2.75) is 32.2 Å². The highest BCUT2D eigenvalue weighted by molar-refractivity contribution is 7.13. The number of carbonyl (C=O) groups is 1. The predicted molar refractivity (Wildman–Crippen MR) is 94.7 cm³/mol. The van der Waals surface area contributed by atoms with Crippen molar-refractivity contribution in [2.24, 2.45) is 0 Å². The maximum atomic E-state index is 12.5. The van der Waals surface area contributed by atoms with Crippen LogP contribution in [0.3, 0.4) is 0 Å². The summed E-state index contributed by atoms with van der Waals surface area (Å²) in [5.74, 6) is 0.165. The molecule has 1 saturated heterocycles. The number of nitrogens with one attached hydrogen (secondary N) is 1. The van der Waals surface area contributed by atoms with E-state index in [1.807, 2.05) is 23.4 Å². The SMILES string of the molecule is Cc1cccc(-c2nc(CC(=O)N(C)C3CCNCC3)cs2)c1. The second kappa shape index (κ2) is 7.23. The minimum Gasteiger partial charge on any atom is -0.342 e. The number of hydrogen-bond donors (Lipinski definition) is 1. The van der Waals surface area contributed by atoms with Crippen LogP contribution < -0.4 is 5.32 Å². The molecule has 2 aromatic rings. The van der Waals surface area contributed by atoms with E-state index in [1.165, 1.54) is 5.56 Å². The molecule has 0 spiro atoms. The highest BCUT2D eigenvalue weighted by atomic mass is 32.1. The first kappa shape index (κ1) is 16.1. The largest absolute Gasteiger partial charge is 0.342 e. The standard InChI is InChI=1S/C18H23N3OS/c1-13-4-3-5-14(10-13)18-20-15(12-23-18)11-17(22)21(2)16-6-8-19-9-7-16/h3-5,10,12,16,19H,6-9,11H2,1-2H3. The molecule has 1 N–H and O–H groups in total. The van der Waals surface area contributed by atoms with E-state index in [1.54, 1.807) is 11.3 Å². The number of hydrogen-bond acceptors (Lipinski definition) is 4. The molecule has 0 atom stereocenters. The van der Waals surface area contributed by atoms with E-state index in [0.29, 0.717) is 12.5 Å². The summed E-state index contributed by atoms with van der Waals surface area (Å²) >= 11 is 1.61. The number of nitrogens with zero attached hydrogens (tertiary/aromatic N) is 2. The third-order valence-electron chi connectivity index (χ3n) is 4.40. The summed E-state index contributed by atoms with van der Waals surface area (Å²) < 4.78 is 0. The first-order valence-electron chi connectivity index (χ1n) is 8.11. The van der Waals surface area contributed by atoms with E-state index < -0.39 is 0 Å². The number of aromatic nitrogens is 1. The van der Waals surface area contributed by atoms with Gasteiger partial charge >= 0.3 is 0 Å². The quantitative estimate of drug-likeness (QED) is 0.938. The lowest BCUT2D eigenvalue weighted by atomic mass is 10.0. The topological polar surface area (TPSA) is 45.2 Å². The van der Waals surface area contributed by atoms with Crippen LogP contribution in [0.5, 0.6) is 0 Å². The number of likely N-dealkylation sites (N-methyl/N-ethyl adjacent to an activating group) is 1. The number of rotatable bonds is 4. The van der Waals surface area contributed by atoms with Gasteiger partial charge in [0.25, 0.3) is 0 Å². The molecular formula is C18H23N3OS. The van der Waals surface area contributed by atoms with Crippen LogP contribution in [0.2, 0.25) is 0 Å². The third kappa shape index (κ3) is 3.98. The number of thiazole rings is 1. The minimum absolute atomic E-state index is 0.165. The Morgan fingerprint density at radius 3 is 2.91 bits per heavy atom. The van der Waals surface area contributed by atoms with Gasteiger partial charge in [0.15, 0.2) is 0 Å². The lowest BCUT2D eigenvalue weighted by Gasteiger charge is -2.31. The molecule has 0 unspecified atom stereocenters. The number of amides is 1. The summed E-state index contributed by atoms with van der Waals surface area (Å²) in [4.78, 5) is 19.0. The molecule has 2 heterocycles.